The average molecular weight is 358 g/mol. The number of hydrogen-bond acceptors (Lipinski definition) is 4. The third-order valence-electron chi connectivity index (χ3n) is 7.65. The standard InChI is InChI=1S/C22H30O4/c1-13-7-6-8-16-14(2)21(3,9-10-22(13,16)4)12-15-19(24)17(23)11-18(26-5)20(15)25/h7,11,14,16,24H,6,8-10,12H2,1-5H3/t14-,16+,21-,22-/m1/s1. The predicted octanol–water partition coefficient (Wildman–Crippen LogP) is 4.67. The number of ether oxygens (including phenoxy) is 1. The molecule has 3 rings (SSSR count). The number of methoxy groups -OCH3 is 1. The molecule has 0 spiro atoms. The van der Waals surface area contributed by atoms with Crippen molar-refractivity contribution in [2.45, 2.75) is 59.8 Å². The Hall–Kier alpha value is -1.84. The highest BCUT2D eigenvalue weighted by Crippen LogP contribution is 2.60. The van der Waals surface area contributed by atoms with Crippen molar-refractivity contribution in [3.8, 4) is 0 Å². The number of fused-ring (bicyclic) bond motifs is 1. The molecule has 4 heteroatoms. The van der Waals surface area contributed by atoms with Crippen LogP contribution in [0.25, 0.3) is 0 Å². The second-order valence-corrected chi connectivity index (χ2v) is 8.84. The number of aliphatic hydroxyl groups excluding tert-OH is 1. The van der Waals surface area contributed by atoms with E-state index in [2.05, 4.69) is 33.8 Å². The predicted molar refractivity (Wildman–Crippen MR) is 100 cm³/mol. The van der Waals surface area contributed by atoms with Crippen molar-refractivity contribution in [1.29, 1.82) is 0 Å². The highest BCUT2D eigenvalue weighted by Gasteiger charge is 2.51. The molecule has 0 aromatic rings. The molecule has 0 amide bonds. The Balaban J connectivity index is 1.91. The van der Waals surface area contributed by atoms with Gasteiger partial charge in [0.05, 0.1) is 7.11 Å². The number of ketones is 2. The minimum atomic E-state index is -0.537. The monoisotopic (exact) mass is 358 g/mol. The van der Waals surface area contributed by atoms with Crippen LogP contribution in [0.1, 0.15) is 59.8 Å². The zero-order valence-electron chi connectivity index (χ0n) is 16.5. The second kappa shape index (κ2) is 6.40. The van der Waals surface area contributed by atoms with E-state index in [1.165, 1.54) is 12.7 Å². The van der Waals surface area contributed by atoms with Crippen LogP contribution in [0.15, 0.2) is 34.8 Å². The van der Waals surface area contributed by atoms with Crippen LogP contribution >= 0.6 is 0 Å². The smallest absolute Gasteiger partial charge is 0.227 e. The van der Waals surface area contributed by atoms with Crippen molar-refractivity contribution in [3.05, 3.63) is 34.8 Å². The van der Waals surface area contributed by atoms with E-state index in [0.29, 0.717) is 18.3 Å². The molecule has 4 nitrogen and oxygen atoms in total. The Labute approximate surface area is 156 Å². The molecule has 1 saturated carbocycles. The second-order valence-electron chi connectivity index (χ2n) is 8.84. The number of allylic oxidation sites excluding steroid dienone is 4. The largest absolute Gasteiger partial charge is 0.504 e. The molecule has 1 fully saturated rings. The molecule has 1 N–H and O–H groups in total. The summed E-state index contributed by atoms with van der Waals surface area (Å²) in [5, 5.41) is 10.3. The Morgan fingerprint density at radius 1 is 1.27 bits per heavy atom. The van der Waals surface area contributed by atoms with E-state index in [9.17, 15) is 14.7 Å². The first-order chi connectivity index (χ1) is 12.1. The van der Waals surface area contributed by atoms with Crippen molar-refractivity contribution in [3.63, 3.8) is 0 Å². The van der Waals surface area contributed by atoms with Gasteiger partial charge in [-0.25, -0.2) is 0 Å². The lowest BCUT2D eigenvalue weighted by Gasteiger charge is -2.56. The van der Waals surface area contributed by atoms with Crippen molar-refractivity contribution in [2.75, 3.05) is 7.11 Å². The molecule has 0 aromatic carbocycles. The molecule has 0 saturated heterocycles. The number of aliphatic hydroxyl groups is 1. The lowest BCUT2D eigenvalue weighted by Crippen LogP contribution is -2.47. The van der Waals surface area contributed by atoms with Gasteiger partial charge in [-0.15, -0.1) is 0 Å². The minimum Gasteiger partial charge on any atom is -0.504 e. The summed E-state index contributed by atoms with van der Waals surface area (Å²) in [4.78, 5) is 24.7. The van der Waals surface area contributed by atoms with Crippen molar-refractivity contribution >= 4 is 11.6 Å². The van der Waals surface area contributed by atoms with Gasteiger partial charge in [0, 0.05) is 11.6 Å². The summed E-state index contributed by atoms with van der Waals surface area (Å²) in [5.41, 5.74) is 1.79. The lowest BCUT2D eigenvalue weighted by molar-refractivity contribution is -0.120. The Morgan fingerprint density at radius 3 is 2.62 bits per heavy atom. The van der Waals surface area contributed by atoms with Crippen LogP contribution in [0.5, 0.6) is 0 Å². The molecule has 26 heavy (non-hydrogen) atoms. The SMILES string of the molecule is COC1=CC(=O)C(O)=C(C[C@@]2(C)CC[C@]3(C)C(C)=CCC[C@H]3[C@H]2C)C1=O. The summed E-state index contributed by atoms with van der Waals surface area (Å²) in [6.07, 6.45) is 8.18. The first kappa shape index (κ1) is 18.9. The molecule has 0 aromatic heterocycles. The van der Waals surface area contributed by atoms with E-state index in [4.69, 9.17) is 4.74 Å². The molecule has 0 unspecified atom stereocenters. The van der Waals surface area contributed by atoms with Crippen LogP contribution in [-0.2, 0) is 14.3 Å². The molecule has 3 aliphatic rings. The van der Waals surface area contributed by atoms with Crippen molar-refractivity contribution < 1.29 is 19.4 Å². The lowest BCUT2D eigenvalue weighted by atomic mass is 9.49. The number of carbonyl (C=O) groups excluding carboxylic acids is 2. The van der Waals surface area contributed by atoms with Crippen molar-refractivity contribution in [1.82, 2.24) is 0 Å². The van der Waals surface area contributed by atoms with Crippen LogP contribution in [0.2, 0.25) is 0 Å². The zero-order chi connectivity index (χ0) is 19.3. The van der Waals surface area contributed by atoms with Gasteiger partial charge < -0.3 is 9.84 Å². The fraction of sp³-hybridized carbons (Fsp3) is 0.636. The summed E-state index contributed by atoms with van der Waals surface area (Å²) >= 11 is 0. The van der Waals surface area contributed by atoms with Gasteiger partial charge in [0.15, 0.2) is 11.5 Å². The maximum absolute atomic E-state index is 12.7. The average Bonchev–Trinajstić information content (AvgIpc) is 2.61. The van der Waals surface area contributed by atoms with Crippen LogP contribution < -0.4 is 0 Å². The van der Waals surface area contributed by atoms with E-state index in [1.807, 2.05) is 0 Å². The fourth-order valence-corrected chi connectivity index (χ4v) is 5.39. The number of carbonyl (C=O) groups is 2. The van der Waals surface area contributed by atoms with E-state index in [0.717, 1.165) is 31.8 Å². The Morgan fingerprint density at radius 2 is 1.96 bits per heavy atom. The quantitative estimate of drug-likeness (QED) is 0.588. The van der Waals surface area contributed by atoms with Crippen LogP contribution in [-0.4, -0.2) is 23.8 Å². The molecule has 4 atom stereocenters. The molecule has 3 aliphatic carbocycles. The zero-order valence-corrected chi connectivity index (χ0v) is 16.5. The van der Waals surface area contributed by atoms with E-state index >= 15 is 0 Å². The molecule has 0 aliphatic heterocycles. The van der Waals surface area contributed by atoms with Gasteiger partial charge in [-0.1, -0.05) is 32.4 Å². The normalized spacial score (nSPS) is 37.9. The van der Waals surface area contributed by atoms with E-state index in [1.54, 1.807) is 0 Å². The van der Waals surface area contributed by atoms with Crippen LogP contribution in [0.3, 0.4) is 0 Å². The highest BCUT2D eigenvalue weighted by atomic mass is 16.5. The maximum atomic E-state index is 12.7. The summed E-state index contributed by atoms with van der Waals surface area (Å²) in [7, 11) is 1.38. The third-order valence-corrected chi connectivity index (χ3v) is 7.65. The summed E-state index contributed by atoms with van der Waals surface area (Å²) in [6.45, 7) is 9.10. The molecule has 142 valence electrons. The number of hydrogen-bond donors (Lipinski definition) is 1. The molecule has 0 bridgehead atoms. The summed E-state index contributed by atoms with van der Waals surface area (Å²) in [5.74, 6) is -0.324. The minimum absolute atomic E-state index is 0.0242. The van der Waals surface area contributed by atoms with Gasteiger partial charge >= 0.3 is 0 Å². The van der Waals surface area contributed by atoms with Crippen LogP contribution in [0.4, 0.5) is 0 Å². The highest BCUT2D eigenvalue weighted by molar-refractivity contribution is 6.20. The summed E-state index contributed by atoms with van der Waals surface area (Å²) in [6, 6.07) is 0. The number of Topliss-reactive ketones (excluding diaryl/α,β-unsaturated/α-hetero) is 1. The maximum Gasteiger partial charge on any atom is 0.227 e. The van der Waals surface area contributed by atoms with Gasteiger partial charge in [0.2, 0.25) is 11.6 Å². The number of rotatable bonds is 3. The van der Waals surface area contributed by atoms with E-state index < -0.39 is 11.5 Å². The van der Waals surface area contributed by atoms with Crippen molar-refractivity contribution in [2.24, 2.45) is 22.7 Å². The molecular weight excluding hydrogens is 328 g/mol. The topological polar surface area (TPSA) is 63.6 Å². The first-order valence-corrected chi connectivity index (χ1v) is 9.58. The van der Waals surface area contributed by atoms with Gasteiger partial charge in [-0.3, -0.25) is 9.59 Å². The van der Waals surface area contributed by atoms with Gasteiger partial charge in [-0.05, 0) is 61.7 Å². The van der Waals surface area contributed by atoms with Gasteiger partial charge in [0.25, 0.3) is 0 Å². The molecule has 0 heterocycles. The Bertz CT molecular complexity index is 741. The van der Waals surface area contributed by atoms with E-state index in [-0.39, 0.29) is 27.9 Å². The van der Waals surface area contributed by atoms with Crippen LogP contribution in [0, 0.1) is 22.7 Å². The molecule has 0 radical (unpaired) electrons. The van der Waals surface area contributed by atoms with Gasteiger partial charge in [0.1, 0.15) is 0 Å². The Kier molecular flexibility index (Phi) is 4.66. The first-order valence-electron chi connectivity index (χ1n) is 9.58. The summed E-state index contributed by atoms with van der Waals surface area (Å²) < 4.78 is 5.06. The molecular formula is C22H30O4. The fourth-order valence-electron chi connectivity index (χ4n) is 5.39. The van der Waals surface area contributed by atoms with Gasteiger partial charge in [-0.2, -0.15) is 0 Å². The third kappa shape index (κ3) is 2.74.